The first-order valence-corrected chi connectivity index (χ1v) is 10.4. The fourth-order valence-electron chi connectivity index (χ4n) is 3.19. The Kier molecular flexibility index (Phi) is 6.09. The molecule has 4 rings (SSSR count). The zero-order valence-electron chi connectivity index (χ0n) is 15.9. The molecule has 1 aliphatic rings. The van der Waals surface area contributed by atoms with Crippen LogP contribution < -0.4 is 10.6 Å². The minimum atomic E-state index is 0.171. The number of nitrogens with zero attached hydrogens (tertiary/aromatic N) is 4. The second-order valence-corrected chi connectivity index (χ2v) is 7.77. The van der Waals surface area contributed by atoms with E-state index in [1.54, 1.807) is 12.5 Å². The Bertz CT molecular complexity index is 981. The largest absolute Gasteiger partial charge is 0.444 e. The zero-order valence-corrected chi connectivity index (χ0v) is 17.5. The van der Waals surface area contributed by atoms with Gasteiger partial charge in [-0.1, -0.05) is 21.1 Å². The predicted octanol–water partition coefficient (Wildman–Crippen LogP) is 4.33. The van der Waals surface area contributed by atoms with Gasteiger partial charge in [0.2, 0.25) is 5.89 Å². The van der Waals surface area contributed by atoms with Crippen molar-refractivity contribution in [2.75, 3.05) is 18.0 Å². The lowest BCUT2D eigenvalue weighted by Crippen LogP contribution is -2.30. The van der Waals surface area contributed by atoms with Crippen LogP contribution in [0, 0.1) is 0 Å². The maximum Gasteiger partial charge on any atom is 0.226 e. The highest BCUT2D eigenvalue weighted by Gasteiger charge is 2.13. The van der Waals surface area contributed by atoms with E-state index in [0.717, 1.165) is 34.5 Å². The maximum absolute atomic E-state index is 6.10. The number of benzene rings is 1. The number of piperidine rings is 1. The van der Waals surface area contributed by atoms with E-state index in [0.29, 0.717) is 17.4 Å². The molecule has 3 heterocycles. The summed E-state index contributed by atoms with van der Waals surface area (Å²) in [5, 5.41) is 4.03. The fraction of sp³-hybridized carbons (Fsp3) is 0.286. The molecule has 29 heavy (non-hydrogen) atoms. The number of rotatable bonds is 6. The van der Waals surface area contributed by atoms with Crippen LogP contribution >= 0.6 is 15.9 Å². The van der Waals surface area contributed by atoms with Crippen LogP contribution in [0.2, 0.25) is 0 Å². The molecule has 0 bridgehead atoms. The van der Waals surface area contributed by atoms with E-state index < -0.39 is 0 Å². The maximum atomic E-state index is 6.10. The minimum Gasteiger partial charge on any atom is -0.444 e. The van der Waals surface area contributed by atoms with E-state index in [-0.39, 0.29) is 6.61 Å². The Morgan fingerprint density at radius 3 is 2.76 bits per heavy atom. The van der Waals surface area contributed by atoms with Gasteiger partial charge in [-0.25, -0.2) is 9.97 Å². The molecule has 1 aromatic carbocycles. The Morgan fingerprint density at radius 1 is 1.17 bits per heavy atom. The molecule has 0 spiro atoms. The van der Waals surface area contributed by atoms with Crippen LogP contribution in [0.1, 0.15) is 30.5 Å². The van der Waals surface area contributed by atoms with Gasteiger partial charge in [0.1, 0.15) is 17.8 Å². The molecule has 0 unspecified atom stereocenters. The zero-order chi connectivity index (χ0) is 20.1. The van der Waals surface area contributed by atoms with E-state index in [9.17, 15) is 0 Å². The number of nitrogens with two attached hydrogens (primary N) is 1. The molecule has 1 saturated heterocycles. The first-order chi connectivity index (χ1) is 14.2. The molecule has 1 fully saturated rings. The Hall–Kier alpha value is -2.87. The van der Waals surface area contributed by atoms with E-state index >= 15 is 0 Å². The molecule has 2 aromatic heterocycles. The second kappa shape index (κ2) is 9.09. The van der Waals surface area contributed by atoms with Crippen LogP contribution in [0.3, 0.4) is 0 Å². The van der Waals surface area contributed by atoms with Gasteiger partial charge < -0.3 is 19.9 Å². The van der Waals surface area contributed by atoms with Crippen LogP contribution in [0.25, 0.3) is 11.5 Å². The van der Waals surface area contributed by atoms with Gasteiger partial charge in [0.25, 0.3) is 0 Å². The number of oxazole rings is 1. The molecule has 0 atom stereocenters. The molecule has 150 valence electrons. The van der Waals surface area contributed by atoms with Gasteiger partial charge >= 0.3 is 0 Å². The molecule has 8 heteroatoms. The van der Waals surface area contributed by atoms with Gasteiger partial charge in [-0.05, 0) is 55.7 Å². The lowest BCUT2D eigenvalue weighted by molar-refractivity contribution is 0.127. The average Bonchev–Trinajstić information content (AvgIpc) is 3.24. The van der Waals surface area contributed by atoms with Crippen molar-refractivity contribution in [3.05, 3.63) is 64.6 Å². The Labute approximate surface area is 177 Å². The van der Waals surface area contributed by atoms with Crippen LogP contribution in [-0.4, -0.2) is 28.9 Å². The van der Waals surface area contributed by atoms with Crippen molar-refractivity contribution in [2.45, 2.75) is 25.9 Å². The molecular weight excluding hydrogens is 434 g/mol. The number of anilines is 1. The molecule has 2 N–H and O–H groups in total. The summed E-state index contributed by atoms with van der Waals surface area (Å²) >= 11 is 3.41. The lowest BCUT2D eigenvalue weighted by Gasteiger charge is -2.27. The van der Waals surface area contributed by atoms with Crippen LogP contribution in [0.15, 0.2) is 62.9 Å². The molecule has 3 aromatic rings. The molecule has 0 aliphatic carbocycles. The van der Waals surface area contributed by atoms with Crippen molar-refractivity contribution in [3.63, 3.8) is 0 Å². The standard InChI is InChI=1S/C21H22BrN5O2/c22-17-6-4-15(5-7-17)21-25-18(13-28-21)14-29-26-20(23)16-8-9-24-19(12-16)27-10-2-1-3-11-27/h4-9,12-13H,1-3,10-11,14H2,(H2,23,26). The summed E-state index contributed by atoms with van der Waals surface area (Å²) in [5.74, 6) is 1.77. The summed E-state index contributed by atoms with van der Waals surface area (Å²) in [6.45, 7) is 2.22. The van der Waals surface area contributed by atoms with Crippen LogP contribution in [-0.2, 0) is 11.4 Å². The number of oxime groups is 1. The van der Waals surface area contributed by atoms with Gasteiger partial charge in [-0.15, -0.1) is 0 Å². The van der Waals surface area contributed by atoms with E-state index in [1.165, 1.54) is 19.3 Å². The van der Waals surface area contributed by atoms with Crippen molar-refractivity contribution >= 4 is 27.6 Å². The van der Waals surface area contributed by atoms with Crippen molar-refractivity contribution in [1.82, 2.24) is 9.97 Å². The Balaban J connectivity index is 1.37. The topological polar surface area (TPSA) is 89.8 Å². The first-order valence-electron chi connectivity index (χ1n) is 9.56. The normalized spacial score (nSPS) is 14.8. The summed E-state index contributed by atoms with van der Waals surface area (Å²) in [4.78, 5) is 16.5. The summed E-state index contributed by atoms with van der Waals surface area (Å²) in [6.07, 6.45) is 6.98. The molecule has 7 nitrogen and oxygen atoms in total. The van der Waals surface area contributed by atoms with Crippen LogP contribution in [0.5, 0.6) is 0 Å². The van der Waals surface area contributed by atoms with Crippen molar-refractivity contribution in [1.29, 1.82) is 0 Å². The van der Waals surface area contributed by atoms with Crippen molar-refractivity contribution < 1.29 is 9.25 Å². The number of amidine groups is 1. The smallest absolute Gasteiger partial charge is 0.226 e. The SMILES string of the molecule is N/C(=N/OCc1coc(-c2ccc(Br)cc2)n1)c1ccnc(N2CCCCC2)c1. The second-order valence-electron chi connectivity index (χ2n) is 6.85. The number of pyridine rings is 1. The van der Waals surface area contributed by atoms with Gasteiger partial charge in [0, 0.05) is 34.9 Å². The summed E-state index contributed by atoms with van der Waals surface area (Å²) < 4.78 is 6.52. The van der Waals surface area contributed by atoms with E-state index in [4.69, 9.17) is 15.0 Å². The fourth-order valence-corrected chi connectivity index (χ4v) is 3.46. The molecular formula is C21H22BrN5O2. The Morgan fingerprint density at radius 2 is 1.97 bits per heavy atom. The molecule has 0 radical (unpaired) electrons. The monoisotopic (exact) mass is 455 g/mol. The third-order valence-corrected chi connectivity index (χ3v) is 5.27. The number of hydrogen-bond donors (Lipinski definition) is 1. The van der Waals surface area contributed by atoms with Crippen molar-refractivity contribution in [3.8, 4) is 11.5 Å². The molecule has 1 aliphatic heterocycles. The third kappa shape index (κ3) is 4.95. The molecule has 0 amide bonds. The summed E-state index contributed by atoms with van der Waals surface area (Å²) in [6, 6.07) is 11.5. The van der Waals surface area contributed by atoms with Crippen molar-refractivity contribution in [2.24, 2.45) is 10.9 Å². The van der Waals surface area contributed by atoms with Gasteiger partial charge in [0.05, 0.1) is 0 Å². The number of halogens is 1. The van der Waals surface area contributed by atoms with Crippen LogP contribution in [0.4, 0.5) is 5.82 Å². The third-order valence-electron chi connectivity index (χ3n) is 4.74. The quantitative estimate of drug-likeness (QED) is 0.338. The lowest BCUT2D eigenvalue weighted by atomic mass is 10.1. The summed E-state index contributed by atoms with van der Waals surface area (Å²) in [7, 11) is 0. The number of hydrogen-bond acceptors (Lipinski definition) is 6. The molecule has 0 saturated carbocycles. The van der Waals surface area contributed by atoms with E-state index in [1.807, 2.05) is 36.4 Å². The summed E-state index contributed by atoms with van der Waals surface area (Å²) in [5.41, 5.74) is 8.42. The average molecular weight is 456 g/mol. The first kappa shape index (κ1) is 19.4. The highest BCUT2D eigenvalue weighted by atomic mass is 79.9. The van der Waals surface area contributed by atoms with Gasteiger partial charge in [-0.2, -0.15) is 0 Å². The minimum absolute atomic E-state index is 0.171. The highest BCUT2D eigenvalue weighted by Crippen LogP contribution is 2.21. The highest BCUT2D eigenvalue weighted by molar-refractivity contribution is 9.10. The van der Waals surface area contributed by atoms with E-state index in [2.05, 4.69) is 36.0 Å². The van der Waals surface area contributed by atoms with Gasteiger partial charge in [0.15, 0.2) is 12.4 Å². The van der Waals surface area contributed by atoms with Gasteiger partial charge in [-0.3, -0.25) is 0 Å². The number of aromatic nitrogens is 2. The predicted molar refractivity (Wildman–Crippen MR) is 115 cm³/mol.